The molecule has 0 radical (unpaired) electrons. The molecular weight excluding hydrogens is 228 g/mol. The monoisotopic (exact) mass is 242 g/mol. The molecule has 0 aliphatic heterocycles. The highest BCUT2D eigenvalue weighted by Crippen LogP contribution is 2.18. The summed E-state index contributed by atoms with van der Waals surface area (Å²) in [5.41, 5.74) is 2.69. The van der Waals surface area contributed by atoms with Crippen LogP contribution in [0.2, 0.25) is 0 Å². The molecule has 4 nitrogen and oxygen atoms in total. The summed E-state index contributed by atoms with van der Waals surface area (Å²) in [6.45, 7) is 2.37. The van der Waals surface area contributed by atoms with Crippen molar-refractivity contribution in [1.82, 2.24) is 4.98 Å². The Balaban J connectivity index is 2.17. The Labute approximate surface area is 105 Å². The minimum atomic E-state index is -0.928. The van der Waals surface area contributed by atoms with Crippen LogP contribution in [-0.2, 0) is 6.54 Å². The van der Waals surface area contributed by atoms with Gasteiger partial charge in [-0.1, -0.05) is 17.7 Å². The molecule has 18 heavy (non-hydrogen) atoms. The fourth-order valence-electron chi connectivity index (χ4n) is 1.68. The van der Waals surface area contributed by atoms with Crippen LogP contribution < -0.4 is 5.32 Å². The van der Waals surface area contributed by atoms with Crippen LogP contribution in [0.3, 0.4) is 0 Å². The van der Waals surface area contributed by atoms with Crippen LogP contribution >= 0.6 is 0 Å². The summed E-state index contributed by atoms with van der Waals surface area (Å²) in [6.07, 6.45) is 1.71. The van der Waals surface area contributed by atoms with E-state index < -0.39 is 5.97 Å². The minimum Gasteiger partial charge on any atom is -0.478 e. The zero-order valence-electron chi connectivity index (χ0n) is 10.1. The van der Waals surface area contributed by atoms with Gasteiger partial charge in [0.2, 0.25) is 0 Å². The van der Waals surface area contributed by atoms with Gasteiger partial charge in [-0.15, -0.1) is 0 Å². The number of carbonyl (C=O) groups is 1. The minimum absolute atomic E-state index is 0.283. The molecule has 4 heteroatoms. The first-order chi connectivity index (χ1) is 8.66. The molecule has 1 aromatic heterocycles. The number of rotatable bonds is 4. The second-order valence-corrected chi connectivity index (χ2v) is 4.03. The van der Waals surface area contributed by atoms with Gasteiger partial charge in [-0.2, -0.15) is 0 Å². The van der Waals surface area contributed by atoms with E-state index in [1.54, 1.807) is 18.3 Å². The first-order valence-electron chi connectivity index (χ1n) is 5.64. The van der Waals surface area contributed by atoms with Crippen molar-refractivity contribution in [2.45, 2.75) is 13.5 Å². The van der Waals surface area contributed by atoms with Gasteiger partial charge in [0.25, 0.3) is 0 Å². The Morgan fingerprint density at radius 2 is 2.17 bits per heavy atom. The standard InChI is InChI=1S/C14H14N2O2/c1-10-5-6-13(12(8-10)14(17)18)16-9-11-4-2-3-7-15-11/h2-8,16H,9H2,1H3,(H,17,18). The van der Waals surface area contributed by atoms with Crippen molar-refractivity contribution < 1.29 is 9.90 Å². The molecule has 1 heterocycles. The van der Waals surface area contributed by atoms with Crippen molar-refractivity contribution in [3.8, 4) is 0 Å². The number of nitrogens with zero attached hydrogens (tertiary/aromatic N) is 1. The second-order valence-electron chi connectivity index (χ2n) is 4.03. The number of hydrogen-bond acceptors (Lipinski definition) is 3. The average molecular weight is 242 g/mol. The molecule has 2 aromatic rings. The normalized spacial score (nSPS) is 10.1. The molecule has 0 aliphatic carbocycles. The van der Waals surface area contributed by atoms with Gasteiger partial charge in [0.05, 0.1) is 17.8 Å². The Kier molecular flexibility index (Phi) is 3.57. The number of hydrogen-bond donors (Lipinski definition) is 2. The van der Waals surface area contributed by atoms with Crippen molar-refractivity contribution in [2.75, 3.05) is 5.32 Å². The number of aromatic carboxylic acids is 1. The molecule has 0 aliphatic rings. The number of carboxylic acids is 1. The van der Waals surface area contributed by atoms with Crippen LogP contribution in [-0.4, -0.2) is 16.1 Å². The van der Waals surface area contributed by atoms with E-state index in [2.05, 4.69) is 10.3 Å². The van der Waals surface area contributed by atoms with Crippen molar-refractivity contribution in [1.29, 1.82) is 0 Å². The molecule has 2 N–H and O–H groups in total. The number of aryl methyl sites for hydroxylation is 1. The molecule has 0 amide bonds. The lowest BCUT2D eigenvalue weighted by molar-refractivity contribution is 0.0698. The van der Waals surface area contributed by atoms with Gasteiger partial charge in [-0.25, -0.2) is 4.79 Å². The van der Waals surface area contributed by atoms with E-state index in [1.165, 1.54) is 0 Å². The second kappa shape index (κ2) is 5.31. The van der Waals surface area contributed by atoms with E-state index in [0.717, 1.165) is 11.3 Å². The number of aromatic nitrogens is 1. The third-order valence-corrected chi connectivity index (χ3v) is 2.59. The molecule has 2 rings (SSSR count). The van der Waals surface area contributed by atoms with Gasteiger partial charge >= 0.3 is 5.97 Å². The van der Waals surface area contributed by atoms with E-state index in [1.807, 2.05) is 31.2 Å². The van der Waals surface area contributed by atoms with Gasteiger partial charge in [0, 0.05) is 11.9 Å². The van der Waals surface area contributed by atoms with E-state index in [-0.39, 0.29) is 5.56 Å². The zero-order chi connectivity index (χ0) is 13.0. The van der Waals surface area contributed by atoms with Gasteiger partial charge in [-0.05, 0) is 31.2 Å². The predicted octanol–water partition coefficient (Wildman–Crippen LogP) is 2.70. The van der Waals surface area contributed by atoms with E-state index in [0.29, 0.717) is 12.2 Å². The number of pyridine rings is 1. The summed E-state index contributed by atoms with van der Waals surface area (Å²) in [5, 5.41) is 12.2. The molecule has 0 unspecified atom stereocenters. The van der Waals surface area contributed by atoms with Gasteiger partial charge in [-0.3, -0.25) is 4.98 Å². The van der Waals surface area contributed by atoms with Crippen LogP contribution in [0.1, 0.15) is 21.6 Å². The highest BCUT2D eigenvalue weighted by molar-refractivity contribution is 5.94. The summed E-state index contributed by atoms with van der Waals surface area (Å²) >= 11 is 0. The van der Waals surface area contributed by atoms with Gasteiger partial charge < -0.3 is 10.4 Å². The van der Waals surface area contributed by atoms with Crippen LogP contribution in [0, 0.1) is 6.92 Å². The summed E-state index contributed by atoms with van der Waals surface area (Å²) in [5.74, 6) is -0.928. The van der Waals surface area contributed by atoms with Crippen LogP contribution in [0.4, 0.5) is 5.69 Å². The molecule has 0 bridgehead atoms. The number of carboxylic acid groups (broad SMARTS) is 1. The lowest BCUT2D eigenvalue weighted by Gasteiger charge is -2.09. The Bertz CT molecular complexity index is 553. The summed E-state index contributed by atoms with van der Waals surface area (Å²) < 4.78 is 0. The topological polar surface area (TPSA) is 62.2 Å². The molecule has 0 spiro atoms. The van der Waals surface area contributed by atoms with Crippen molar-refractivity contribution in [2.24, 2.45) is 0 Å². The first kappa shape index (κ1) is 12.1. The largest absolute Gasteiger partial charge is 0.478 e. The number of nitrogens with one attached hydrogen (secondary N) is 1. The van der Waals surface area contributed by atoms with Crippen LogP contribution in [0.5, 0.6) is 0 Å². The average Bonchev–Trinajstić information content (AvgIpc) is 2.38. The quantitative estimate of drug-likeness (QED) is 0.865. The molecule has 0 atom stereocenters. The Morgan fingerprint density at radius 1 is 1.33 bits per heavy atom. The van der Waals surface area contributed by atoms with E-state index >= 15 is 0 Å². The first-order valence-corrected chi connectivity index (χ1v) is 5.64. The third kappa shape index (κ3) is 2.85. The fourth-order valence-corrected chi connectivity index (χ4v) is 1.68. The van der Waals surface area contributed by atoms with Crippen molar-refractivity contribution in [3.05, 3.63) is 59.4 Å². The molecule has 0 saturated heterocycles. The lowest BCUT2D eigenvalue weighted by Crippen LogP contribution is -2.07. The lowest BCUT2D eigenvalue weighted by atomic mass is 10.1. The molecule has 0 fully saturated rings. The van der Waals surface area contributed by atoms with E-state index in [9.17, 15) is 4.79 Å². The smallest absolute Gasteiger partial charge is 0.337 e. The summed E-state index contributed by atoms with van der Waals surface area (Å²) in [6, 6.07) is 11.0. The van der Waals surface area contributed by atoms with Crippen LogP contribution in [0.15, 0.2) is 42.6 Å². The summed E-state index contributed by atoms with van der Waals surface area (Å²) in [7, 11) is 0. The third-order valence-electron chi connectivity index (χ3n) is 2.59. The highest BCUT2D eigenvalue weighted by Gasteiger charge is 2.09. The van der Waals surface area contributed by atoms with Gasteiger partial charge in [0.15, 0.2) is 0 Å². The Morgan fingerprint density at radius 3 is 2.83 bits per heavy atom. The maximum absolute atomic E-state index is 11.1. The van der Waals surface area contributed by atoms with Crippen LogP contribution in [0.25, 0.3) is 0 Å². The maximum Gasteiger partial charge on any atom is 0.337 e. The summed E-state index contributed by atoms with van der Waals surface area (Å²) in [4.78, 5) is 15.3. The molecular formula is C14H14N2O2. The van der Waals surface area contributed by atoms with Crippen molar-refractivity contribution >= 4 is 11.7 Å². The molecule has 1 aromatic carbocycles. The Hall–Kier alpha value is -2.36. The van der Waals surface area contributed by atoms with Crippen molar-refractivity contribution in [3.63, 3.8) is 0 Å². The SMILES string of the molecule is Cc1ccc(NCc2ccccn2)c(C(=O)O)c1. The molecule has 92 valence electrons. The van der Waals surface area contributed by atoms with E-state index in [4.69, 9.17) is 5.11 Å². The zero-order valence-corrected chi connectivity index (χ0v) is 10.1. The number of anilines is 1. The number of benzene rings is 1. The highest BCUT2D eigenvalue weighted by atomic mass is 16.4. The maximum atomic E-state index is 11.1. The predicted molar refractivity (Wildman–Crippen MR) is 69.7 cm³/mol. The molecule has 0 saturated carbocycles. The fraction of sp³-hybridized carbons (Fsp3) is 0.143. The van der Waals surface area contributed by atoms with Gasteiger partial charge in [0.1, 0.15) is 0 Å².